The molecule has 1 N–H and O–H groups in total. The van der Waals surface area contributed by atoms with E-state index in [1.165, 1.54) is 14.2 Å². The van der Waals surface area contributed by atoms with E-state index in [1.807, 2.05) is 27.7 Å². The number of methoxy groups -OCH3 is 2. The first-order valence-electron chi connectivity index (χ1n) is 10.0. The maximum atomic E-state index is 12.9. The highest BCUT2D eigenvalue weighted by Crippen LogP contribution is 2.36. The Labute approximate surface area is 182 Å². The highest BCUT2D eigenvalue weighted by molar-refractivity contribution is 6.62. The van der Waals surface area contributed by atoms with E-state index in [4.69, 9.17) is 14.0 Å². The zero-order valence-electron chi connectivity index (χ0n) is 19.1. The number of rotatable bonds is 8. The van der Waals surface area contributed by atoms with E-state index in [2.05, 4.69) is 14.8 Å². The first kappa shape index (κ1) is 24.7. The molecule has 31 heavy (non-hydrogen) atoms. The van der Waals surface area contributed by atoms with Crippen LogP contribution in [0.25, 0.3) is 0 Å². The SMILES string of the molecule is CCOc1cc(B2OC(C)(C)C(C)(C)O2)ccc1C(=O)NC(CC(=O)OC)C(=O)OC. The third-order valence-electron chi connectivity index (χ3n) is 5.47. The minimum Gasteiger partial charge on any atom is -0.493 e. The lowest BCUT2D eigenvalue weighted by Gasteiger charge is -2.32. The van der Waals surface area contributed by atoms with Crippen LogP contribution in [0.5, 0.6) is 5.75 Å². The molecule has 0 aromatic heterocycles. The third kappa shape index (κ3) is 5.56. The molecule has 1 atom stereocenters. The van der Waals surface area contributed by atoms with Gasteiger partial charge < -0.3 is 28.8 Å². The molecule has 1 aliphatic rings. The van der Waals surface area contributed by atoms with Crippen molar-refractivity contribution in [3.05, 3.63) is 23.8 Å². The number of hydrogen-bond acceptors (Lipinski definition) is 8. The van der Waals surface area contributed by atoms with Crippen LogP contribution in [-0.4, -0.2) is 63.0 Å². The first-order valence-corrected chi connectivity index (χ1v) is 10.0. The number of amides is 1. The molecule has 1 aromatic carbocycles. The molecule has 1 heterocycles. The predicted octanol–water partition coefficient (Wildman–Crippen LogP) is 1.22. The van der Waals surface area contributed by atoms with Gasteiger partial charge in [-0.25, -0.2) is 4.79 Å². The van der Waals surface area contributed by atoms with Gasteiger partial charge in [0.05, 0.1) is 44.0 Å². The molecular formula is C21H30BNO8. The monoisotopic (exact) mass is 435 g/mol. The Bertz CT molecular complexity index is 823. The second-order valence-corrected chi connectivity index (χ2v) is 8.11. The van der Waals surface area contributed by atoms with Crippen molar-refractivity contribution in [2.24, 2.45) is 0 Å². The van der Waals surface area contributed by atoms with Crippen LogP contribution in [0, 0.1) is 0 Å². The van der Waals surface area contributed by atoms with E-state index >= 15 is 0 Å². The zero-order chi connectivity index (χ0) is 23.4. The molecule has 10 heteroatoms. The normalized spacial score (nSPS) is 17.6. The van der Waals surface area contributed by atoms with E-state index in [0.717, 1.165) is 0 Å². The summed E-state index contributed by atoms with van der Waals surface area (Å²) in [7, 11) is 1.74. The average Bonchev–Trinajstić information content (AvgIpc) is 2.93. The van der Waals surface area contributed by atoms with Gasteiger partial charge in [-0.3, -0.25) is 9.59 Å². The lowest BCUT2D eigenvalue weighted by molar-refractivity contribution is -0.149. The second-order valence-electron chi connectivity index (χ2n) is 8.11. The Hall–Kier alpha value is -2.59. The van der Waals surface area contributed by atoms with Crippen LogP contribution in [0.4, 0.5) is 0 Å². The quantitative estimate of drug-likeness (QED) is 0.480. The van der Waals surface area contributed by atoms with E-state index in [0.29, 0.717) is 17.8 Å². The molecule has 1 saturated heterocycles. The van der Waals surface area contributed by atoms with Crippen LogP contribution in [0.2, 0.25) is 0 Å². The third-order valence-corrected chi connectivity index (χ3v) is 5.47. The second kappa shape index (κ2) is 9.70. The number of benzene rings is 1. The summed E-state index contributed by atoms with van der Waals surface area (Å²) in [6, 6.07) is 3.75. The number of ether oxygens (including phenoxy) is 3. The Balaban J connectivity index is 2.28. The van der Waals surface area contributed by atoms with Gasteiger partial charge in [0.25, 0.3) is 5.91 Å². The Morgan fingerprint density at radius 3 is 2.19 bits per heavy atom. The van der Waals surface area contributed by atoms with Gasteiger partial charge in [0, 0.05) is 0 Å². The van der Waals surface area contributed by atoms with Crippen LogP contribution < -0.4 is 15.5 Å². The number of carbonyl (C=O) groups excluding carboxylic acids is 3. The van der Waals surface area contributed by atoms with Crippen molar-refractivity contribution in [3.8, 4) is 5.75 Å². The van der Waals surface area contributed by atoms with Crippen LogP contribution >= 0.6 is 0 Å². The first-order chi connectivity index (χ1) is 14.5. The summed E-state index contributed by atoms with van der Waals surface area (Å²) in [6.07, 6.45) is -0.356. The molecule has 1 unspecified atom stereocenters. The van der Waals surface area contributed by atoms with Gasteiger partial charge in [0.15, 0.2) is 0 Å². The van der Waals surface area contributed by atoms with Crippen LogP contribution in [0.3, 0.4) is 0 Å². The summed E-state index contributed by atoms with van der Waals surface area (Å²) < 4.78 is 27.0. The largest absolute Gasteiger partial charge is 0.494 e. The maximum Gasteiger partial charge on any atom is 0.494 e. The summed E-state index contributed by atoms with van der Waals surface area (Å²) in [6.45, 7) is 9.91. The van der Waals surface area contributed by atoms with Gasteiger partial charge in [-0.15, -0.1) is 0 Å². The molecule has 1 amide bonds. The Morgan fingerprint density at radius 2 is 1.68 bits per heavy atom. The molecule has 1 aliphatic heterocycles. The fraction of sp³-hybridized carbons (Fsp3) is 0.571. The number of carbonyl (C=O) groups is 3. The number of nitrogens with one attached hydrogen (secondary N) is 1. The van der Waals surface area contributed by atoms with E-state index in [-0.39, 0.29) is 12.0 Å². The molecule has 0 aliphatic carbocycles. The van der Waals surface area contributed by atoms with Gasteiger partial charge >= 0.3 is 19.1 Å². The van der Waals surface area contributed by atoms with Crippen molar-refractivity contribution in [2.75, 3.05) is 20.8 Å². The van der Waals surface area contributed by atoms with Crippen LogP contribution in [0.15, 0.2) is 18.2 Å². The van der Waals surface area contributed by atoms with Gasteiger partial charge in [-0.2, -0.15) is 0 Å². The molecule has 0 spiro atoms. The summed E-state index contributed by atoms with van der Waals surface area (Å²) >= 11 is 0. The fourth-order valence-corrected chi connectivity index (χ4v) is 2.95. The topological polar surface area (TPSA) is 109 Å². The molecule has 0 saturated carbocycles. The fourth-order valence-electron chi connectivity index (χ4n) is 2.95. The van der Waals surface area contributed by atoms with Gasteiger partial charge in [-0.1, -0.05) is 6.07 Å². The Morgan fingerprint density at radius 1 is 1.06 bits per heavy atom. The molecule has 1 fully saturated rings. The molecule has 1 aromatic rings. The van der Waals surface area contributed by atoms with Crippen LogP contribution in [-0.2, 0) is 28.4 Å². The number of hydrogen-bond donors (Lipinski definition) is 1. The maximum absolute atomic E-state index is 12.9. The molecule has 2 rings (SSSR count). The van der Waals surface area contributed by atoms with Crippen molar-refractivity contribution in [2.45, 2.75) is 58.3 Å². The number of esters is 2. The van der Waals surface area contributed by atoms with Crippen molar-refractivity contribution in [1.82, 2.24) is 5.32 Å². The minimum absolute atomic E-state index is 0.195. The molecule has 0 radical (unpaired) electrons. The molecule has 0 bridgehead atoms. The highest BCUT2D eigenvalue weighted by Gasteiger charge is 2.51. The molecule has 170 valence electrons. The summed E-state index contributed by atoms with van der Waals surface area (Å²) in [5.41, 5.74) is -0.138. The lowest BCUT2D eigenvalue weighted by Crippen LogP contribution is -2.43. The van der Waals surface area contributed by atoms with Crippen LogP contribution in [0.1, 0.15) is 51.4 Å². The zero-order valence-corrected chi connectivity index (χ0v) is 19.1. The molecular weight excluding hydrogens is 405 g/mol. The standard InChI is InChI=1S/C21H30BNO8/c1-8-29-16-11-13(22-30-20(2,3)21(4,5)31-22)9-10-14(16)18(25)23-15(19(26)28-7)12-17(24)27-6/h9-11,15H,8,12H2,1-7H3,(H,23,25). The Kier molecular flexibility index (Phi) is 7.72. The minimum atomic E-state index is -1.19. The van der Waals surface area contributed by atoms with E-state index in [9.17, 15) is 14.4 Å². The van der Waals surface area contributed by atoms with E-state index in [1.54, 1.807) is 25.1 Å². The van der Waals surface area contributed by atoms with Crippen molar-refractivity contribution >= 4 is 30.4 Å². The summed E-state index contributed by atoms with van der Waals surface area (Å²) in [5.74, 6) is -1.71. The summed E-state index contributed by atoms with van der Waals surface area (Å²) in [5, 5.41) is 2.51. The smallest absolute Gasteiger partial charge is 0.493 e. The highest BCUT2D eigenvalue weighted by atomic mass is 16.7. The predicted molar refractivity (Wildman–Crippen MR) is 113 cm³/mol. The van der Waals surface area contributed by atoms with E-state index < -0.39 is 42.2 Å². The molecule has 9 nitrogen and oxygen atoms in total. The van der Waals surface area contributed by atoms with Gasteiger partial charge in [0.1, 0.15) is 11.8 Å². The van der Waals surface area contributed by atoms with Crippen molar-refractivity contribution < 1.29 is 37.9 Å². The average molecular weight is 435 g/mol. The van der Waals surface area contributed by atoms with Gasteiger partial charge in [0.2, 0.25) is 0 Å². The van der Waals surface area contributed by atoms with Crippen molar-refractivity contribution in [1.29, 1.82) is 0 Å². The van der Waals surface area contributed by atoms with Gasteiger partial charge in [-0.05, 0) is 52.2 Å². The summed E-state index contributed by atoms with van der Waals surface area (Å²) in [4.78, 5) is 36.4. The van der Waals surface area contributed by atoms with Crippen molar-refractivity contribution in [3.63, 3.8) is 0 Å². The lowest BCUT2D eigenvalue weighted by atomic mass is 9.78.